The predicted molar refractivity (Wildman–Crippen MR) is 39.4 cm³/mol. The number of tetrazole rings is 1. The topological polar surface area (TPSA) is 87.1 Å². The van der Waals surface area contributed by atoms with Gasteiger partial charge in [-0.3, -0.25) is 4.79 Å². The lowest BCUT2D eigenvalue weighted by atomic mass is 10.3. The van der Waals surface area contributed by atoms with E-state index in [9.17, 15) is 4.79 Å². The Hall–Kier alpha value is -1.79. The van der Waals surface area contributed by atoms with E-state index in [1.165, 1.54) is 0 Å². The number of H-pyrrole nitrogens is 1. The Kier molecular flexibility index (Phi) is 1.36. The van der Waals surface area contributed by atoms with Crippen LogP contribution in [0.25, 0.3) is 0 Å². The number of carbonyl (C=O) groups excluding carboxylic acids is 1. The van der Waals surface area contributed by atoms with Crippen molar-refractivity contribution in [3.8, 4) is 0 Å². The standard InChI is InChI=1S/C5H6N6O/c1-3-2-4(12)11(8-3)5-6-9-10-7-5/h2H2,1H3,(H,6,7,9,10). The summed E-state index contributed by atoms with van der Waals surface area (Å²) in [6.07, 6.45) is 0.328. The molecule has 2 rings (SSSR count). The molecule has 0 radical (unpaired) electrons. The lowest BCUT2D eigenvalue weighted by Crippen LogP contribution is -2.20. The van der Waals surface area contributed by atoms with Gasteiger partial charge in [0, 0.05) is 5.71 Å². The molecule has 0 spiro atoms. The first-order chi connectivity index (χ1) is 5.77. The fourth-order valence-electron chi connectivity index (χ4n) is 0.958. The minimum atomic E-state index is -0.131. The highest BCUT2D eigenvalue weighted by Gasteiger charge is 2.25. The van der Waals surface area contributed by atoms with E-state index in [2.05, 4.69) is 25.7 Å². The summed E-state index contributed by atoms with van der Waals surface area (Å²) in [5.41, 5.74) is 0.754. The number of hydrogen-bond acceptors (Lipinski definition) is 5. The molecule has 1 aromatic rings. The van der Waals surface area contributed by atoms with Crippen LogP contribution in [0.5, 0.6) is 0 Å². The van der Waals surface area contributed by atoms with Crippen molar-refractivity contribution in [2.45, 2.75) is 13.3 Å². The Morgan fingerprint density at radius 2 is 2.42 bits per heavy atom. The van der Waals surface area contributed by atoms with Crippen LogP contribution < -0.4 is 5.01 Å². The molecule has 1 aromatic heterocycles. The maximum atomic E-state index is 11.2. The molecule has 62 valence electrons. The second-order valence-electron chi connectivity index (χ2n) is 2.43. The summed E-state index contributed by atoms with van der Waals surface area (Å²) in [7, 11) is 0. The van der Waals surface area contributed by atoms with Crippen LogP contribution in [0.3, 0.4) is 0 Å². The molecule has 7 nitrogen and oxygen atoms in total. The molecule has 0 atom stereocenters. The molecule has 0 aliphatic carbocycles. The van der Waals surface area contributed by atoms with Crippen LogP contribution in [0.4, 0.5) is 5.95 Å². The number of rotatable bonds is 1. The van der Waals surface area contributed by atoms with E-state index in [4.69, 9.17) is 0 Å². The number of nitrogens with zero attached hydrogens (tertiary/aromatic N) is 5. The van der Waals surface area contributed by atoms with Crippen molar-refractivity contribution in [1.29, 1.82) is 0 Å². The zero-order valence-corrected chi connectivity index (χ0v) is 6.35. The van der Waals surface area contributed by atoms with Gasteiger partial charge in [-0.2, -0.15) is 15.3 Å². The van der Waals surface area contributed by atoms with Crippen LogP contribution in [0.2, 0.25) is 0 Å². The first-order valence-corrected chi connectivity index (χ1v) is 3.38. The molecule has 0 aromatic carbocycles. The molecule has 0 unspecified atom stereocenters. The van der Waals surface area contributed by atoms with Gasteiger partial charge in [0.2, 0.25) is 0 Å². The van der Waals surface area contributed by atoms with Crippen LogP contribution in [0.1, 0.15) is 13.3 Å². The largest absolute Gasteiger partial charge is 0.293 e. The molecule has 0 bridgehead atoms. The second kappa shape index (κ2) is 2.36. The Morgan fingerprint density at radius 3 is 2.92 bits per heavy atom. The molecule has 2 heterocycles. The highest BCUT2D eigenvalue weighted by Crippen LogP contribution is 2.13. The number of aromatic nitrogens is 4. The fourth-order valence-corrected chi connectivity index (χ4v) is 0.958. The summed E-state index contributed by atoms with van der Waals surface area (Å²) in [6.45, 7) is 1.78. The first kappa shape index (κ1) is 6.89. The Bertz CT molecular complexity index is 328. The SMILES string of the molecule is CC1=NN(c2nn[nH]n2)C(=O)C1. The molecule has 1 N–H and O–H groups in total. The van der Waals surface area contributed by atoms with E-state index in [1.54, 1.807) is 6.92 Å². The van der Waals surface area contributed by atoms with Gasteiger partial charge in [0.1, 0.15) is 0 Å². The zero-order valence-electron chi connectivity index (χ0n) is 6.35. The third-order valence-electron chi connectivity index (χ3n) is 1.44. The van der Waals surface area contributed by atoms with Crippen molar-refractivity contribution in [3.05, 3.63) is 0 Å². The summed E-state index contributed by atoms with van der Waals surface area (Å²) in [4.78, 5) is 11.2. The van der Waals surface area contributed by atoms with Gasteiger partial charge in [-0.05, 0) is 12.1 Å². The van der Waals surface area contributed by atoms with Crippen molar-refractivity contribution < 1.29 is 4.79 Å². The van der Waals surface area contributed by atoms with Crippen molar-refractivity contribution in [2.24, 2.45) is 5.10 Å². The average molecular weight is 166 g/mol. The van der Waals surface area contributed by atoms with E-state index in [1.807, 2.05) is 0 Å². The molecular weight excluding hydrogens is 160 g/mol. The molecule has 1 amide bonds. The smallest absolute Gasteiger partial charge is 0.272 e. The van der Waals surface area contributed by atoms with E-state index in [0.29, 0.717) is 6.42 Å². The molecule has 0 fully saturated rings. The maximum Gasteiger partial charge on any atom is 0.293 e. The van der Waals surface area contributed by atoms with Crippen molar-refractivity contribution in [3.63, 3.8) is 0 Å². The molecule has 7 heteroatoms. The van der Waals surface area contributed by atoms with E-state index < -0.39 is 0 Å². The Labute approximate surface area is 67.4 Å². The van der Waals surface area contributed by atoms with Gasteiger partial charge in [0.25, 0.3) is 11.9 Å². The third-order valence-corrected chi connectivity index (χ3v) is 1.44. The minimum absolute atomic E-state index is 0.131. The number of amides is 1. The van der Waals surface area contributed by atoms with Gasteiger partial charge in [0.15, 0.2) is 0 Å². The molecular formula is C5H6N6O. The molecule has 1 aliphatic heterocycles. The van der Waals surface area contributed by atoms with Crippen molar-refractivity contribution >= 4 is 17.6 Å². The maximum absolute atomic E-state index is 11.2. The normalized spacial score (nSPS) is 16.9. The number of aromatic amines is 1. The van der Waals surface area contributed by atoms with Crippen LogP contribution >= 0.6 is 0 Å². The lowest BCUT2D eigenvalue weighted by molar-refractivity contribution is -0.117. The number of hydrazone groups is 1. The number of anilines is 1. The van der Waals surface area contributed by atoms with Crippen LogP contribution in [-0.2, 0) is 4.79 Å². The molecule has 0 saturated heterocycles. The van der Waals surface area contributed by atoms with Gasteiger partial charge in [-0.1, -0.05) is 5.10 Å². The van der Waals surface area contributed by atoms with Crippen LogP contribution in [-0.4, -0.2) is 32.2 Å². The second-order valence-corrected chi connectivity index (χ2v) is 2.43. The minimum Gasteiger partial charge on any atom is -0.272 e. The fraction of sp³-hybridized carbons (Fsp3) is 0.400. The third kappa shape index (κ3) is 0.949. The van der Waals surface area contributed by atoms with Crippen molar-refractivity contribution in [1.82, 2.24) is 20.6 Å². The average Bonchev–Trinajstić information content (AvgIpc) is 2.58. The predicted octanol–water partition coefficient (Wildman–Crippen LogP) is -0.688. The molecule has 0 saturated carbocycles. The lowest BCUT2D eigenvalue weighted by Gasteiger charge is -2.02. The van der Waals surface area contributed by atoms with Gasteiger partial charge in [0.05, 0.1) is 6.42 Å². The molecule has 1 aliphatic rings. The quantitative estimate of drug-likeness (QED) is 0.598. The zero-order chi connectivity index (χ0) is 8.55. The Morgan fingerprint density at radius 1 is 1.58 bits per heavy atom. The van der Waals surface area contributed by atoms with Gasteiger partial charge in [-0.25, -0.2) is 0 Å². The highest BCUT2D eigenvalue weighted by molar-refractivity contribution is 6.11. The molecule has 12 heavy (non-hydrogen) atoms. The number of nitrogens with one attached hydrogen (secondary N) is 1. The summed E-state index contributed by atoms with van der Waals surface area (Å²) in [5, 5.41) is 17.9. The summed E-state index contributed by atoms with van der Waals surface area (Å²) in [5.74, 6) is 0.0609. The number of carbonyl (C=O) groups is 1. The van der Waals surface area contributed by atoms with Crippen LogP contribution in [0.15, 0.2) is 5.10 Å². The highest BCUT2D eigenvalue weighted by atomic mass is 16.2. The summed E-state index contributed by atoms with van der Waals surface area (Å²) in [6, 6.07) is 0. The van der Waals surface area contributed by atoms with Crippen LogP contribution in [0, 0.1) is 0 Å². The summed E-state index contributed by atoms with van der Waals surface area (Å²) < 4.78 is 0. The monoisotopic (exact) mass is 166 g/mol. The van der Waals surface area contributed by atoms with Crippen molar-refractivity contribution in [2.75, 3.05) is 5.01 Å². The van der Waals surface area contributed by atoms with Gasteiger partial charge >= 0.3 is 0 Å². The number of hydrogen-bond donors (Lipinski definition) is 1. The van der Waals surface area contributed by atoms with Gasteiger partial charge in [-0.15, -0.1) is 5.10 Å². The first-order valence-electron chi connectivity index (χ1n) is 3.38. The van der Waals surface area contributed by atoms with E-state index in [-0.39, 0.29) is 11.9 Å². The summed E-state index contributed by atoms with van der Waals surface area (Å²) >= 11 is 0. The Balaban J connectivity index is 2.31. The van der Waals surface area contributed by atoms with E-state index in [0.717, 1.165) is 10.7 Å². The van der Waals surface area contributed by atoms with E-state index >= 15 is 0 Å². The van der Waals surface area contributed by atoms with Gasteiger partial charge < -0.3 is 0 Å².